The number of carbonyl (C=O) groups is 1. The summed E-state index contributed by atoms with van der Waals surface area (Å²) in [7, 11) is 0. The molecule has 3 rings (SSSR count). The molecule has 1 saturated heterocycles. The van der Waals surface area contributed by atoms with Gasteiger partial charge in [-0.3, -0.25) is 4.79 Å². The van der Waals surface area contributed by atoms with Gasteiger partial charge in [0.05, 0.1) is 5.56 Å². The lowest BCUT2D eigenvalue weighted by Crippen LogP contribution is -2.23. The van der Waals surface area contributed by atoms with E-state index in [-0.39, 0.29) is 5.91 Å². The van der Waals surface area contributed by atoms with E-state index in [4.69, 9.17) is 0 Å². The van der Waals surface area contributed by atoms with Crippen LogP contribution < -0.4 is 10.2 Å². The maximum Gasteiger partial charge on any atom is 0.253 e. The van der Waals surface area contributed by atoms with Gasteiger partial charge in [-0.1, -0.05) is 30.3 Å². The van der Waals surface area contributed by atoms with E-state index in [0.717, 1.165) is 24.5 Å². The van der Waals surface area contributed by atoms with Crippen LogP contribution >= 0.6 is 0 Å². The lowest BCUT2D eigenvalue weighted by Gasteiger charge is -2.16. The fourth-order valence-electron chi connectivity index (χ4n) is 2.53. The summed E-state index contributed by atoms with van der Waals surface area (Å²) in [4.78, 5) is 18.7. The third-order valence-corrected chi connectivity index (χ3v) is 3.74. The zero-order chi connectivity index (χ0) is 14.5. The van der Waals surface area contributed by atoms with Gasteiger partial charge in [-0.15, -0.1) is 0 Å². The highest BCUT2D eigenvalue weighted by Crippen LogP contribution is 2.17. The van der Waals surface area contributed by atoms with Crippen molar-refractivity contribution in [2.24, 2.45) is 0 Å². The Balaban J connectivity index is 1.59. The molecule has 0 aliphatic carbocycles. The van der Waals surface area contributed by atoms with Crippen molar-refractivity contribution in [1.29, 1.82) is 0 Å². The normalized spacial score (nSPS) is 14.2. The van der Waals surface area contributed by atoms with Gasteiger partial charge < -0.3 is 10.2 Å². The van der Waals surface area contributed by atoms with Crippen molar-refractivity contribution < 1.29 is 4.79 Å². The summed E-state index contributed by atoms with van der Waals surface area (Å²) >= 11 is 0. The zero-order valence-electron chi connectivity index (χ0n) is 12.0. The Labute approximate surface area is 124 Å². The van der Waals surface area contributed by atoms with Crippen LogP contribution in [0.1, 0.15) is 28.8 Å². The van der Waals surface area contributed by atoms with E-state index in [9.17, 15) is 4.79 Å². The van der Waals surface area contributed by atoms with Gasteiger partial charge in [0.1, 0.15) is 5.82 Å². The number of pyridine rings is 1. The number of rotatable bonds is 4. The molecule has 4 heteroatoms. The molecule has 1 aromatic heterocycles. The number of nitrogens with zero attached hydrogens (tertiary/aromatic N) is 2. The average Bonchev–Trinajstić information content (AvgIpc) is 3.08. The van der Waals surface area contributed by atoms with Crippen molar-refractivity contribution in [3.63, 3.8) is 0 Å². The van der Waals surface area contributed by atoms with Gasteiger partial charge in [-0.05, 0) is 30.5 Å². The smallest absolute Gasteiger partial charge is 0.253 e. The summed E-state index contributed by atoms with van der Waals surface area (Å²) in [5.41, 5.74) is 1.70. The number of aromatic nitrogens is 1. The van der Waals surface area contributed by atoms with Crippen LogP contribution in [0.2, 0.25) is 0 Å². The van der Waals surface area contributed by atoms with Gasteiger partial charge in [0, 0.05) is 25.8 Å². The van der Waals surface area contributed by atoms with E-state index < -0.39 is 0 Å². The van der Waals surface area contributed by atoms with Crippen LogP contribution in [0.3, 0.4) is 0 Å². The van der Waals surface area contributed by atoms with Crippen molar-refractivity contribution in [3.05, 3.63) is 59.8 Å². The second-order valence-corrected chi connectivity index (χ2v) is 5.27. The Morgan fingerprint density at radius 1 is 1.10 bits per heavy atom. The standard InChI is InChI=1S/C17H19N3O/c21-17(19-12-14-6-2-1-3-7-14)15-8-9-16(18-13-15)20-10-4-5-11-20/h1-3,6-9,13H,4-5,10-12H2,(H,19,21). The minimum Gasteiger partial charge on any atom is -0.357 e. The van der Waals surface area contributed by atoms with Gasteiger partial charge in [0.15, 0.2) is 0 Å². The third-order valence-electron chi connectivity index (χ3n) is 3.74. The Bertz CT molecular complexity index is 589. The third kappa shape index (κ3) is 3.40. The number of hydrogen-bond acceptors (Lipinski definition) is 3. The molecule has 1 aromatic carbocycles. The molecule has 0 bridgehead atoms. The van der Waals surface area contributed by atoms with E-state index in [0.29, 0.717) is 12.1 Å². The van der Waals surface area contributed by atoms with E-state index in [1.807, 2.05) is 42.5 Å². The van der Waals surface area contributed by atoms with E-state index in [1.54, 1.807) is 6.20 Å². The number of carbonyl (C=O) groups excluding carboxylic acids is 1. The molecule has 1 aliphatic heterocycles. The lowest BCUT2D eigenvalue weighted by molar-refractivity contribution is 0.0950. The molecule has 1 N–H and O–H groups in total. The summed E-state index contributed by atoms with van der Waals surface area (Å²) in [6.07, 6.45) is 4.11. The molecule has 0 radical (unpaired) electrons. The van der Waals surface area contributed by atoms with Crippen LogP contribution in [0, 0.1) is 0 Å². The Morgan fingerprint density at radius 2 is 1.86 bits per heavy atom. The topological polar surface area (TPSA) is 45.2 Å². The molecule has 21 heavy (non-hydrogen) atoms. The number of anilines is 1. The van der Waals surface area contributed by atoms with E-state index in [1.165, 1.54) is 12.8 Å². The fraction of sp³-hybridized carbons (Fsp3) is 0.294. The molecule has 2 heterocycles. The Morgan fingerprint density at radius 3 is 2.52 bits per heavy atom. The zero-order valence-corrected chi connectivity index (χ0v) is 12.0. The lowest BCUT2D eigenvalue weighted by atomic mass is 10.2. The van der Waals surface area contributed by atoms with Crippen LogP contribution in [0.15, 0.2) is 48.7 Å². The molecule has 1 fully saturated rings. The molecule has 0 spiro atoms. The second kappa shape index (κ2) is 6.39. The highest BCUT2D eigenvalue weighted by molar-refractivity contribution is 5.94. The fourth-order valence-corrected chi connectivity index (χ4v) is 2.53. The van der Waals surface area contributed by atoms with Gasteiger partial charge in [0.25, 0.3) is 5.91 Å². The second-order valence-electron chi connectivity index (χ2n) is 5.27. The number of benzene rings is 1. The van der Waals surface area contributed by atoms with E-state index in [2.05, 4.69) is 15.2 Å². The summed E-state index contributed by atoms with van der Waals surface area (Å²) < 4.78 is 0. The van der Waals surface area contributed by atoms with Gasteiger partial charge in [-0.25, -0.2) is 4.98 Å². The molecule has 0 saturated carbocycles. The summed E-state index contributed by atoms with van der Waals surface area (Å²) in [5.74, 6) is 0.881. The van der Waals surface area contributed by atoms with Crippen molar-refractivity contribution in [1.82, 2.24) is 10.3 Å². The highest BCUT2D eigenvalue weighted by Gasteiger charge is 2.14. The highest BCUT2D eigenvalue weighted by atomic mass is 16.1. The Hall–Kier alpha value is -2.36. The summed E-state index contributed by atoms with van der Waals surface area (Å²) in [6.45, 7) is 2.66. The predicted molar refractivity (Wildman–Crippen MR) is 83.3 cm³/mol. The van der Waals surface area contributed by atoms with Gasteiger partial charge in [-0.2, -0.15) is 0 Å². The first kappa shape index (κ1) is 13.6. The van der Waals surface area contributed by atoms with Crippen molar-refractivity contribution in [2.45, 2.75) is 19.4 Å². The molecule has 1 amide bonds. The maximum absolute atomic E-state index is 12.1. The van der Waals surface area contributed by atoms with Crippen LogP contribution in [0.25, 0.3) is 0 Å². The SMILES string of the molecule is O=C(NCc1ccccc1)c1ccc(N2CCCC2)nc1. The quantitative estimate of drug-likeness (QED) is 0.937. The Kier molecular flexibility index (Phi) is 4.15. The molecule has 1 aliphatic rings. The first-order valence-corrected chi connectivity index (χ1v) is 7.36. The number of nitrogens with one attached hydrogen (secondary N) is 1. The molecular weight excluding hydrogens is 262 g/mol. The number of hydrogen-bond donors (Lipinski definition) is 1. The molecule has 0 atom stereocenters. The maximum atomic E-state index is 12.1. The monoisotopic (exact) mass is 281 g/mol. The van der Waals surface area contributed by atoms with Gasteiger partial charge in [0.2, 0.25) is 0 Å². The average molecular weight is 281 g/mol. The predicted octanol–water partition coefficient (Wildman–Crippen LogP) is 2.61. The van der Waals surface area contributed by atoms with Crippen molar-refractivity contribution >= 4 is 11.7 Å². The molecule has 0 unspecified atom stereocenters. The molecular formula is C17H19N3O. The minimum atomic E-state index is -0.0840. The van der Waals surface area contributed by atoms with Gasteiger partial charge >= 0.3 is 0 Å². The molecule has 4 nitrogen and oxygen atoms in total. The van der Waals surface area contributed by atoms with Crippen LogP contribution in [0.5, 0.6) is 0 Å². The molecule has 108 valence electrons. The van der Waals surface area contributed by atoms with Crippen LogP contribution in [0.4, 0.5) is 5.82 Å². The van der Waals surface area contributed by atoms with Crippen LogP contribution in [-0.2, 0) is 6.54 Å². The first-order valence-electron chi connectivity index (χ1n) is 7.36. The van der Waals surface area contributed by atoms with E-state index >= 15 is 0 Å². The largest absolute Gasteiger partial charge is 0.357 e. The van der Waals surface area contributed by atoms with Crippen molar-refractivity contribution in [3.8, 4) is 0 Å². The summed E-state index contributed by atoms with van der Waals surface area (Å²) in [5, 5.41) is 2.91. The molecule has 2 aromatic rings. The first-order chi connectivity index (χ1) is 10.3. The summed E-state index contributed by atoms with van der Waals surface area (Å²) in [6, 6.07) is 13.7. The van der Waals surface area contributed by atoms with Crippen LogP contribution in [-0.4, -0.2) is 24.0 Å². The van der Waals surface area contributed by atoms with Crippen molar-refractivity contribution in [2.75, 3.05) is 18.0 Å². The number of amides is 1. The minimum absolute atomic E-state index is 0.0840.